The number of benzene rings is 4. The fourth-order valence-corrected chi connectivity index (χ4v) is 8.51. The summed E-state index contributed by atoms with van der Waals surface area (Å²) in [6, 6.07) is 27.5. The van der Waals surface area contributed by atoms with E-state index in [0.717, 1.165) is 59.3 Å². The van der Waals surface area contributed by atoms with Crippen LogP contribution in [-0.4, -0.2) is 62.0 Å². The molecule has 3 N–H and O–H groups in total. The summed E-state index contributed by atoms with van der Waals surface area (Å²) >= 11 is 6.81. The lowest BCUT2D eigenvalue weighted by Gasteiger charge is -2.47. The minimum Gasteiger partial charge on any atom is -0.488 e. The number of rotatable bonds is 15. The Morgan fingerprint density at radius 2 is 1.65 bits per heavy atom. The molecule has 0 amide bonds. The Morgan fingerprint density at radius 1 is 0.930 bits per heavy atom. The Labute approximate surface area is 339 Å². The van der Waals surface area contributed by atoms with Gasteiger partial charge in [-0.05, 0) is 121 Å². The number of aromatic nitrogens is 1. The van der Waals surface area contributed by atoms with E-state index in [-0.39, 0.29) is 19.6 Å². The number of pyridine rings is 1. The number of aliphatic carboxylic acids is 1. The van der Waals surface area contributed by atoms with Gasteiger partial charge < -0.3 is 24.8 Å². The van der Waals surface area contributed by atoms with E-state index in [9.17, 15) is 20.3 Å². The molecule has 0 spiro atoms. The summed E-state index contributed by atoms with van der Waals surface area (Å²) in [5.74, 6) is -0.0535. The SMILES string of the molecule is Cc1c(COc2cc(OCc3cncc(C#N)c3)c(CCC[C@@H](O)CC(=O)O)cc2Cl)cccc1-c1cccc(-c2ccc3c(c2)CC(N2CC(C)(O)C2)C3)c1C. The van der Waals surface area contributed by atoms with Gasteiger partial charge in [0.25, 0.3) is 0 Å². The topological polar surface area (TPSA) is 136 Å². The zero-order valence-corrected chi connectivity index (χ0v) is 33.4. The molecule has 10 heteroatoms. The number of nitrogens with zero attached hydrogens (tertiary/aromatic N) is 3. The van der Waals surface area contributed by atoms with E-state index in [0.29, 0.717) is 47.4 Å². The third kappa shape index (κ3) is 9.33. The molecule has 1 aliphatic heterocycles. The molecule has 1 aliphatic carbocycles. The maximum atomic E-state index is 11.0. The molecular weight excluding hydrogens is 738 g/mol. The van der Waals surface area contributed by atoms with Crippen LogP contribution in [0, 0.1) is 25.2 Å². The van der Waals surface area contributed by atoms with Gasteiger partial charge in [0.1, 0.15) is 30.8 Å². The number of hydrogen-bond donors (Lipinski definition) is 3. The number of carboxylic acids is 1. The predicted molar refractivity (Wildman–Crippen MR) is 220 cm³/mol. The summed E-state index contributed by atoms with van der Waals surface area (Å²) in [5.41, 5.74) is 12.2. The molecule has 1 fully saturated rings. The number of halogens is 1. The molecule has 5 aromatic rings. The first-order chi connectivity index (χ1) is 27.4. The van der Waals surface area contributed by atoms with Crippen LogP contribution in [-0.2, 0) is 37.3 Å². The summed E-state index contributed by atoms with van der Waals surface area (Å²) in [4.78, 5) is 17.6. The summed E-state index contributed by atoms with van der Waals surface area (Å²) in [7, 11) is 0. The standard InChI is InChI=1S/C47H48ClN3O6/c1-29-36(26-57-45-21-44(56-25-32-15-31(22-49)23-50-24-32)35(19-43(45)48)7-4-9-39(52)20-46(53)54)8-5-11-41(29)42-12-6-10-40(30(42)2)34-14-13-33-17-38(18-37(33)16-34)51-27-47(3,55)28-51/h5-6,8,10-16,19,21,23-24,38-39,52,55H,4,7,9,17-18,20,25-28H2,1-3H3,(H,53,54)/t38?,39-/m1/s1. The lowest BCUT2D eigenvalue weighted by atomic mass is 9.89. The Bertz CT molecular complexity index is 2330. The van der Waals surface area contributed by atoms with Crippen LogP contribution < -0.4 is 9.47 Å². The van der Waals surface area contributed by atoms with Crippen molar-refractivity contribution in [3.8, 4) is 39.8 Å². The number of carbonyl (C=O) groups is 1. The van der Waals surface area contributed by atoms with Gasteiger partial charge in [0.15, 0.2) is 0 Å². The number of aliphatic hydroxyl groups is 2. The lowest BCUT2D eigenvalue weighted by molar-refractivity contribution is -0.139. The van der Waals surface area contributed by atoms with Crippen molar-refractivity contribution in [2.45, 2.75) is 90.3 Å². The van der Waals surface area contributed by atoms with E-state index >= 15 is 0 Å². The molecule has 9 nitrogen and oxygen atoms in total. The molecule has 0 saturated carbocycles. The van der Waals surface area contributed by atoms with Gasteiger partial charge in [-0.1, -0.05) is 66.2 Å². The van der Waals surface area contributed by atoms with Crippen LogP contribution in [0.5, 0.6) is 11.5 Å². The monoisotopic (exact) mass is 785 g/mol. The van der Waals surface area contributed by atoms with Crippen LogP contribution in [0.2, 0.25) is 5.02 Å². The Hall–Kier alpha value is -5.24. The van der Waals surface area contributed by atoms with Crippen molar-refractivity contribution in [3.05, 3.63) is 135 Å². The Morgan fingerprint density at radius 3 is 2.40 bits per heavy atom. The number of hydrogen-bond acceptors (Lipinski definition) is 8. The number of likely N-dealkylation sites (tertiary alicyclic amines) is 1. The van der Waals surface area contributed by atoms with Crippen molar-refractivity contribution in [3.63, 3.8) is 0 Å². The number of aliphatic hydroxyl groups excluding tert-OH is 1. The molecule has 2 heterocycles. The molecule has 2 atom stereocenters. The quantitative estimate of drug-likeness (QED) is 0.0956. The van der Waals surface area contributed by atoms with E-state index in [1.807, 2.05) is 6.92 Å². The second-order valence-corrected chi connectivity index (χ2v) is 16.2. The molecule has 1 saturated heterocycles. The summed E-state index contributed by atoms with van der Waals surface area (Å²) in [6.07, 6.45) is 5.24. The minimum absolute atomic E-state index is 0.159. The van der Waals surface area contributed by atoms with Gasteiger partial charge >= 0.3 is 5.97 Å². The van der Waals surface area contributed by atoms with Gasteiger partial charge in [0, 0.05) is 43.2 Å². The molecule has 4 aromatic carbocycles. The number of carboxylic acid groups (broad SMARTS) is 1. The molecule has 57 heavy (non-hydrogen) atoms. The minimum atomic E-state index is -1.04. The van der Waals surface area contributed by atoms with Crippen molar-refractivity contribution in [2.75, 3.05) is 13.1 Å². The smallest absolute Gasteiger partial charge is 0.305 e. The van der Waals surface area contributed by atoms with Crippen molar-refractivity contribution < 1.29 is 29.6 Å². The van der Waals surface area contributed by atoms with Crippen molar-refractivity contribution in [2.24, 2.45) is 0 Å². The molecule has 2 aliphatic rings. The number of fused-ring (bicyclic) bond motifs is 1. The average Bonchev–Trinajstić information content (AvgIpc) is 3.60. The normalized spacial score (nSPS) is 16.3. The highest BCUT2D eigenvalue weighted by molar-refractivity contribution is 6.32. The van der Waals surface area contributed by atoms with Crippen LogP contribution in [0.15, 0.2) is 85.2 Å². The van der Waals surface area contributed by atoms with E-state index in [4.69, 9.17) is 26.2 Å². The molecule has 0 radical (unpaired) electrons. The lowest BCUT2D eigenvalue weighted by Crippen LogP contribution is -2.63. The van der Waals surface area contributed by atoms with Gasteiger partial charge in [0.05, 0.1) is 28.7 Å². The molecule has 1 aromatic heterocycles. The van der Waals surface area contributed by atoms with E-state index < -0.39 is 17.7 Å². The first kappa shape index (κ1) is 40.0. The summed E-state index contributed by atoms with van der Waals surface area (Å²) in [6.45, 7) is 8.12. The molecular formula is C47H48ClN3O6. The second kappa shape index (κ2) is 17.1. The highest BCUT2D eigenvalue weighted by atomic mass is 35.5. The average molecular weight is 786 g/mol. The summed E-state index contributed by atoms with van der Waals surface area (Å²) in [5, 5.41) is 39.2. The van der Waals surface area contributed by atoms with Crippen LogP contribution in [0.25, 0.3) is 22.3 Å². The molecule has 1 unspecified atom stereocenters. The molecule has 0 bridgehead atoms. The maximum Gasteiger partial charge on any atom is 0.305 e. The van der Waals surface area contributed by atoms with Crippen molar-refractivity contribution in [1.29, 1.82) is 5.26 Å². The number of aryl methyl sites for hydroxylation is 1. The van der Waals surface area contributed by atoms with Crippen LogP contribution in [0.1, 0.15) is 70.7 Å². The Balaban J connectivity index is 1.08. The van der Waals surface area contributed by atoms with Gasteiger partial charge in [0.2, 0.25) is 0 Å². The molecule has 294 valence electrons. The predicted octanol–water partition coefficient (Wildman–Crippen LogP) is 8.41. The molecule has 7 rings (SSSR count). The third-order valence-corrected chi connectivity index (χ3v) is 11.6. The van der Waals surface area contributed by atoms with Gasteiger partial charge in [-0.2, -0.15) is 5.26 Å². The van der Waals surface area contributed by atoms with Crippen LogP contribution in [0.4, 0.5) is 0 Å². The number of nitriles is 1. The van der Waals surface area contributed by atoms with E-state index in [1.54, 1.807) is 24.4 Å². The fraction of sp³-hybridized carbons (Fsp3) is 0.340. The highest BCUT2D eigenvalue weighted by Gasteiger charge is 2.41. The first-order valence-corrected chi connectivity index (χ1v) is 19.8. The number of ether oxygens (including phenoxy) is 2. The van der Waals surface area contributed by atoms with Gasteiger partial charge in [-0.15, -0.1) is 0 Å². The zero-order chi connectivity index (χ0) is 40.3. The van der Waals surface area contributed by atoms with Crippen molar-refractivity contribution in [1.82, 2.24) is 9.88 Å². The van der Waals surface area contributed by atoms with E-state index in [2.05, 4.69) is 84.4 Å². The van der Waals surface area contributed by atoms with E-state index in [1.165, 1.54) is 34.0 Å². The highest BCUT2D eigenvalue weighted by Crippen LogP contribution is 2.39. The summed E-state index contributed by atoms with van der Waals surface area (Å²) < 4.78 is 12.6. The second-order valence-electron chi connectivity index (χ2n) is 15.8. The maximum absolute atomic E-state index is 11.0. The first-order valence-electron chi connectivity index (χ1n) is 19.5. The van der Waals surface area contributed by atoms with Crippen molar-refractivity contribution >= 4 is 17.6 Å². The third-order valence-electron chi connectivity index (χ3n) is 11.3. The Kier molecular flexibility index (Phi) is 12.0. The van der Waals surface area contributed by atoms with Gasteiger partial charge in [-0.25, -0.2) is 0 Å². The van der Waals surface area contributed by atoms with Gasteiger partial charge in [-0.3, -0.25) is 14.7 Å². The van der Waals surface area contributed by atoms with Crippen LogP contribution >= 0.6 is 11.6 Å². The van der Waals surface area contributed by atoms with Crippen LogP contribution in [0.3, 0.4) is 0 Å². The largest absolute Gasteiger partial charge is 0.488 e. The zero-order valence-electron chi connectivity index (χ0n) is 32.6. The fourth-order valence-electron chi connectivity index (χ4n) is 8.27. The number of β-amino-alcohol motifs (C(OH)–C–C–N with tert-alkyl or cyclic N) is 1.